The SMILES string of the molecule is COc1cc(Cl)c(Oc2cc(N)nc(N3CCOCC3)n2)cc1OC. The first-order chi connectivity index (χ1) is 12.1. The molecule has 2 heterocycles. The highest BCUT2D eigenvalue weighted by Crippen LogP contribution is 2.39. The van der Waals surface area contributed by atoms with Gasteiger partial charge in [0.05, 0.1) is 32.5 Å². The van der Waals surface area contributed by atoms with Crippen LogP contribution in [0.25, 0.3) is 0 Å². The van der Waals surface area contributed by atoms with Gasteiger partial charge in [0, 0.05) is 31.3 Å². The van der Waals surface area contributed by atoms with E-state index >= 15 is 0 Å². The minimum absolute atomic E-state index is 0.295. The third-order valence-electron chi connectivity index (χ3n) is 3.66. The van der Waals surface area contributed by atoms with Gasteiger partial charge in [-0.25, -0.2) is 0 Å². The minimum atomic E-state index is 0.295. The average Bonchev–Trinajstić information content (AvgIpc) is 2.63. The van der Waals surface area contributed by atoms with Crippen LogP contribution in [0.15, 0.2) is 18.2 Å². The molecule has 0 radical (unpaired) electrons. The lowest BCUT2D eigenvalue weighted by Crippen LogP contribution is -2.37. The molecule has 0 amide bonds. The number of ether oxygens (including phenoxy) is 4. The van der Waals surface area contributed by atoms with Crippen molar-refractivity contribution in [2.24, 2.45) is 0 Å². The van der Waals surface area contributed by atoms with Gasteiger partial charge in [0.1, 0.15) is 5.82 Å². The second-order valence-corrected chi connectivity index (χ2v) is 5.68. The summed E-state index contributed by atoms with van der Waals surface area (Å²) in [6, 6.07) is 4.79. The van der Waals surface area contributed by atoms with Gasteiger partial charge in [-0.3, -0.25) is 0 Å². The highest BCUT2D eigenvalue weighted by atomic mass is 35.5. The van der Waals surface area contributed by atoms with E-state index in [1.165, 1.54) is 20.3 Å². The van der Waals surface area contributed by atoms with Crippen LogP contribution in [0.2, 0.25) is 5.02 Å². The lowest BCUT2D eigenvalue weighted by atomic mass is 10.3. The maximum Gasteiger partial charge on any atom is 0.230 e. The Labute approximate surface area is 150 Å². The second kappa shape index (κ2) is 7.62. The van der Waals surface area contributed by atoms with E-state index in [-0.39, 0.29) is 0 Å². The maximum atomic E-state index is 6.25. The molecule has 1 aromatic carbocycles. The van der Waals surface area contributed by atoms with E-state index in [0.717, 1.165) is 0 Å². The number of benzene rings is 1. The number of halogens is 1. The first-order valence-corrected chi connectivity index (χ1v) is 8.05. The molecule has 0 atom stereocenters. The van der Waals surface area contributed by atoms with Crippen molar-refractivity contribution in [2.75, 3.05) is 51.2 Å². The number of aromatic nitrogens is 2. The van der Waals surface area contributed by atoms with E-state index in [4.69, 9.17) is 36.3 Å². The molecule has 1 saturated heterocycles. The molecule has 1 aromatic heterocycles. The molecule has 9 heteroatoms. The van der Waals surface area contributed by atoms with Gasteiger partial charge in [-0.2, -0.15) is 9.97 Å². The number of hydrogen-bond donors (Lipinski definition) is 1. The number of morpholine rings is 1. The third-order valence-corrected chi connectivity index (χ3v) is 3.95. The van der Waals surface area contributed by atoms with E-state index in [1.807, 2.05) is 4.90 Å². The van der Waals surface area contributed by atoms with Gasteiger partial charge in [0.15, 0.2) is 17.2 Å². The lowest BCUT2D eigenvalue weighted by Gasteiger charge is -2.27. The molecule has 25 heavy (non-hydrogen) atoms. The Morgan fingerprint density at radius 3 is 2.40 bits per heavy atom. The standard InChI is InChI=1S/C16H19ClN4O4/c1-22-12-7-10(17)11(8-13(12)23-2)25-15-9-14(18)19-16(20-15)21-3-5-24-6-4-21/h7-9H,3-6H2,1-2H3,(H2,18,19,20). The van der Waals surface area contributed by atoms with Crippen LogP contribution in [0, 0.1) is 0 Å². The van der Waals surface area contributed by atoms with Crippen LogP contribution in [0.5, 0.6) is 23.1 Å². The minimum Gasteiger partial charge on any atom is -0.493 e. The number of anilines is 2. The molecule has 0 bridgehead atoms. The molecule has 0 spiro atoms. The van der Waals surface area contributed by atoms with Crippen LogP contribution in [-0.2, 0) is 4.74 Å². The normalized spacial score (nSPS) is 14.3. The Hall–Kier alpha value is -2.45. The summed E-state index contributed by atoms with van der Waals surface area (Å²) in [6.45, 7) is 2.63. The summed E-state index contributed by atoms with van der Waals surface area (Å²) in [6.07, 6.45) is 0. The van der Waals surface area contributed by atoms with Gasteiger partial charge >= 0.3 is 0 Å². The molecule has 134 valence electrons. The van der Waals surface area contributed by atoms with Crippen LogP contribution in [-0.4, -0.2) is 50.5 Å². The second-order valence-electron chi connectivity index (χ2n) is 5.27. The van der Waals surface area contributed by atoms with Crippen molar-refractivity contribution in [3.63, 3.8) is 0 Å². The fraction of sp³-hybridized carbons (Fsp3) is 0.375. The monoisotopic (exact) mass is 366 g/mol. The summed E-state index contributed by atoms with van der Waals surface area (Å²) in [4.78, 5) is 10.7. The van der Waals surface area contributed by atoms with E-state index in [2.05, 4.69) is 9.97 Å². The van der Waals surface area contributed by atoms with Gasteiger partial charge in [-0.05, 0) is 0 Å². The fourth-order valence-corrected chi connectivity index (χ4v) is 2.61. The molecular weight excluding hydrogens is 348 g/mol. The lowest BCUT2D eigenvalue weighted by molar-refractivity contribution is 0.122. The zero-order valence-corrected chi connectivity index (χ0v) is 14.7. The Kier molecular flexibility index (Phi) is 5.30. The number of methoxy groups -OCH3 is 2. The predicted molar refractivity (Wildman–Crippen MR) is 94.1 cm³/mol. The largest absolute Gasteiger partial charge is 0.493 e. The quantitative estimate of drug-likeness (QED) is 0.862. The Morgan fingerprint density at radius 1 is 1.04 bits per heavy atom. The summed E-state index contributed by atoms with van der Waals surface area (Å²) in [5.41, 5.74) is 5.89. The van der Waals surface area contributed by atoms with Gasteiger partial charge in [0.2, 0.25) is 11.8 Å². The highest BCUT2D eigenvalue weighted by molar-refractivity contribution is 6.32. The molecule has 1 aliphatic heterocycles. The Morgan fingerprint density at radius 2 is 1.72 bits per heavy atom. The molecule has 0 saturated carbocycles. The van der Waals surface area contributed by atoms with Gasteiger partial charge in [0.25, 0.3) is 0 Å². The van der Waals surface area contributed by atoms with Gasteiger partial charge < -0.3 is 29.6 Å². The van der Waals surface area contributed by atoms with Gasteiger partial charge in [-0.1, -0.05) is 11.6 Å². The summed E-state index contributed by atoms with van der Waals surface area (Å²) >= 11 is 6.25. The van der Waals surface area contributed by atoms with Gasteiger partial charge in [-0.15, -0.1) is 0 Å². The zero-order valence-electron chi connectivity index (χ0n) is 14.0. The van der Waals surface area contributed by atoms with Crippen molar-refractivity contribution in [3.8, 4) is 23.1 Å². The molecule has 1 fully saturated rings. The van der Waals surface area contributed by atoms with Crippen LogP contribution >= 0.6 is 11.6 Å². The summed E-state index contributed by atoms with van der Waals surface area (Å²) in [5.74, 6) is 2.49. The highest BCUT2D eigenvalue weighted by Gasteiger charge is 2.17. The van der Waals surface area contributed by atoms with Crippen LogP contribution in [0.3, 0.4) is 0 Å². The van der Waals surface area contributed by atoms with Crippen molar-refractivity contribution in [1.29, 1.82) is 0 Å². The third kappa shape index (κ3) is 3.97. The van der Waals surface area contributed by atoms with Crippen molar-refractivity contribution in [2.45, 2.75) is 0 Å². The summed E-state index contributed by atoms with van der Waals surface area (Å²) in [5, 5.41) is 0.364. The van der Waals surface area contributed by atoms with Crippen molar-refractivity contribution in [1.82, 2.24) is 9.97 Å². The number of nitrogens with two attached hydrogens (primary N) is 1. The summed E-state index contributed by atoms with van der Waals surface area (Å²) in [7, 11) is 3.07. The average molecular weight is 367 g/mol. The Bertz CT molecular complexity index is 753. The molecule has 0 unspecified atom stereocenters. The smallest absolute Gasteiger partial charge is 0.230 e. The number of rotatable bonds is 5. The fourth-order valence-electron chi connectivity index (χ4n) is 2.41. The topological polar surface area (TPSA) is 92.0 Å². The van der Waals surface area contributed by atoms with Crippen LogP contribution < -0.4 is 24.8 Å². The summed E-state index contributed by atoms with van der Waals surface area (Å²) < 4.78 is 21.6. The van der Waals surface area contributed by atoms with E-state index < -0.39 is 0 Å². The molecule has 2 aromatic rings. The molecule has 3 rings (SSSR count). The van der Waals surface area contributed by atoms with Crippen LogP contribution in [0.1, 0.15) is 0 Å². The predicted octanol–water partition coefficient (Wildman–Crippen LogP) is 2.36. The van der Waals surface area contributed by atoms with E-state index in [0.29, 0.717) is 66.2 Å². The Balaban J connectivity index is 1.89. The van der Waals surface area contributed by atoms with E-state index in [1.54, 1.807) is 12.1 Å². The molecular formula is C16H19ClN4O4. The molecule has 2 N–H and O–H groups in total. The molecule has 1 aliphatic rings. The first-order valence-electron chi connectivity index (χ1n) is 7.67. The van der Waals surface area contributed by atoms with Crippen molar-refractivity contribution < 1.29 is 18.9 Å². The molecule has 8 nitrogen and oxygen atoms in total. The van der Waals surface area contributed by atoms with Crippen LogP contribution in [0.4, 0.5) is 11.8 Å². The van der Waals surface area contributed by atoms with Crippen molar-refractivity contribution >= 4 is 23.4 Å². The molecule has 0 aliphatic carbocycles. The zero-order chi connectivity index (χ0) is 17.8. The first kappa shape index (κ1) is 17.4. The number of nitrogen functional groups attached to an aromatic ring is 1. The maximum absolute atomic E-state index is 6.25. The number of hydrogen-bond acceptors (Lipinski definition) is 8. The van der Waals surface area contributed by atoms with E-state index in [9.17, 15) is 0 Å². The van der Waals surface area contributed by atoms with Crippen molar-refractivity contribution in [3.05, 3.63) is 23.2 Å². The number of nitrogens with zero attached hydrogens (tertiary/aromatic N) is 3.